The Hall–Kier alpha value is -3.47. The van der Waals surface area contributed by atoms with Gasteiger partial charge < -0.3 is 5.32 Å². The van der Waals surface area contributed by atoms with Crippen LogP contribution < -0.4 is 16.7 Å². The summed E-state index contributed by atoms with van der Waals surface area (Å²) in [6, 6.07) is 11.8. The number of aryl methyl sites for hydroxylation is 2. The molecular formula is C25H24Cl2N6O3S. The van der Waals surface area contributed by atoms with E-state index in [1.54, 1.807) is 42.6 Å². The molecule has 0 aliphatic heterocycles. The van der Waals surface area contributed by atoms with Gasteiger partial charge >= 0.3 is 11.4 Å². The molecule has 9 nitrogen and oxygen atoms in total. The fourth-order valence-electron chi connectivity index (χ4n) is 3.63. The molecule has 0 saturated carbocycles. The van der Waals surface area contributed by atoms with Crippen molar-refractivity contribution in [2.75, 3.05) is 17.8 Å². The zero-order valence-electron chi connectivity index (χ0n) is 20.5. The maximum atomic E-state index is 13.7. The Kier molecular flexibility index (Phi) is 7.54. The molecule has 192 valence electrons. The summed E-state index contributed by atoms with van der Waals surface area (Å²) in [7, 11) is -2.38. The number of benzene rings is 2. The molecule has 0 aliphatic rings. The van der Waals surface area contributed by atoms with Gasteiger partial charge in [-0.05, 0) is 66.9 Å². The van der Waals surface area contributed by atoms with Gasteiger partial charge in [-0.2, -0.15) is 9.35 Å². The van der Waals surface area contributed by atoms with Crippen molar-refractivity contribution in [1.82, 2.24) is 19.1 Å². The summed E-state index contributed by atoms with van der Waals surface area (Å²) in [4.78, 5) is 35.0. The predicted molar refractivity (Wildman–Crippen MR) is 149 cm³/mol. The summed E-state index contributed by atoms with van der Waals surface area (Å²) in [6.45, 7) is 3.79. The molecule has 12 heteroatoms. The number of halogens is 2. The van der Waals surface area contributed by atoms with Gasteiger partial charge in [-0.25, -0.2) is 18.4 Å². The third kappa shape index (κ3) is 6.27. The topological polar surface area (TPSA) is 111 Å². The molecule has 0 radical (unpaired) electrons. The molecule has 4 rings (SSSR count). The normalized spacial score (nSPS) is 11.4. The molecule has 0 saturated heterocycles. The van der Waals surface area contributed by atoms with Gasteiger partial charge in [0.1, 0.15) is 0 Å². The Morgan fingerprint density at radius 2 is 1.78 bits per heavy atom. The van der Waals surface area contributed by atoms with E-state index in [1.807, 2.05) is 19.9 Å². The van der Waals surface area contributed by atoms with Crippen molar-refractivity contribution in [3.8, 4) is 5.69 Å². The minimum absolute atomic E-state index is 0.00685. The van der Waals surface area contributed by atoms with E-state index < -0.39 is 21.1 Å². The lowest BCUT2D eigenvalue weighted by Gasteiger charge is -2.17. The number of nitrogens with zero attached hydrogens (tertiary/aromatic N) is 5. The second-order valence-corrected chi connectivity index (χ2v) is 12.2. The van der Waals surface area contributed by atoms with Gasteiger partial charge in [0, 0.05) is 33.5 Å². The largest absolute Gasteiger partial charge is 0.359 e. The third-order valence-electron chi connectivity index (χ3n) is 5.35. The zero-order valence-corrected chi connectivity index (χ0v) is 22.9. The highest BCUT2D eigenvalue weighted by Crippen LogP contribution is 2.29. The molecule has 2 aromatic heterocycles. The quantitative estimate of drug-likeness (QED) is 0.361. The van der Waals surface area contributed by atoms with E-state index in [-0.39, 0.29) is 17.5 Å². The smallest absolute Gasteiger partial charge is 0.324 e. The highest BCUT2D eigenvalue weighted by atomic mass is 35.5. The zero-order chi connectivity index (χ0) is 26.9. The number of aromatic nitrogens is 4. The Balaban J connectivity index is 1.88. The maximum Gasteiger partial charge on any atom is 0.359 e. The van der Waals surface area contributed by atoms with Gasteiger partial charge in [0.05, 0.1) is 34.8 Å². The van der Waals surface area contributed by atoms with E-state index in [4.69, 9.17) is 23.2 Å². The number of hydrogen-bond donors (Lipinski definition) is 1. The lowest BCUT2D eigenvalue weighted by Crippen LogP contribution is -2.42. The molecule has 2 heterocycles. The first-order valence-electron chi connectivity index (χ1n) is 11.1. The molecule has 2 aromatic carbocycles. The molecule has 0 aliphatic carbocycles. The highest BCUT2D eigenvalue weighted by molar-refractivity contribution is 7.92. The van der Waals surface area contributed by atoms with Gasteiger partial charge in [0.15, 0.2) is 0 Å². The Labute approximate surface area is 223 Å². The monoisotopic (exact) mass is 558 g/mol. The lowest BCUT2D eigenvalue weighted by atomic mass is 10.1. The molecule has 37 heavy (non-hydrogen) atoms. The van der Waals surface area contributed by atoms with Crippen LogP contribution >= 0.6 is 23.2 Å². The van der Waals surface area contributed by atoms with Crippen LogP contribution in [0.1, 0.15) is 16.7 Å². The number of rotatable bonds is 6. The van der Waals surface area contributed by atoms with Crippen LogP contribution in [0, 0.1) is 13.8 Å². The van der Waals surface area contributed by atoms with Gasteiger partial charge in [-0.3, -0.25) is 9.55 Å². The minimum atomic E-state index is -2.38. The van der Waals surface area contributed by atoms with Crippen LogP contribution in [0.25, 0.3) is 5.69 Å². The van der Waals surface area contributed by atoms with Gasteiger partial charge in [-0.1, -0.05) is 29.3 Å². The first kappa shape index (κ1) is 26.6. The van der Waals surface area contributed by atoms with E-state index in [2.05, 4.69) is 19.6 Å². The molecule has 1 N–H and O–H groups in total. The first-order chi connectivity index (χ1) is 17.4. The number of pyridine rings is 1. The van der Waals surface area contributed by atoms with Crippen molar-refractivity contribution < 1.29 is 4.21 Å². The van der Waals surface area contributed by atoms with Crippen LogP contribution in [0.2, 0.25) is 10.0 Å². The number of anilines is 2. The lowest BCUT2D eigenvalue weighted by molar-refractivity contribution is 0.655. The molecule has 0 unspecified atom stereocenters. The molecule has 0 atom stereocenters. The molecular weight excluding hydrogens is 535 g/mol. The average molecular weight is 559 g/mol. The molecule has 0 amide bonds. The van der Waals surface area contributed by atoms with E-state index in [0.29, 0.717) is 22.1 Å². The molecule has 0 spiro atoms. The van der Waals surface area contributed by atoms with Gasteiger partial charge in [0.25, 0.3) is 0 Å². The summed E-state index contributed by atoms with van der Waals surface area (Å²) >= 11 is 12.7. The summed E-state index contributed by atoms with van der Waals surface area (Å²) < 4.78 is 18.5. The number of hydrogen-bond acceptors (Lipinski definition) is 7. The van der Waals surface area contributed by atoms with Crippen molar-refractivity contribution in [3.05, 3.63) is 103 Å². The van der Waals surface area contributed by atoms with Crippen LogP contribution in [0.5, 0.6) is 0 Å². The fraction of sp³-hybridized carbons (Fsp3) is 0.200. The van der Waals surface area contributed by atoms with Crippen LogP contribution in [-0.4, -0.2) is 35.8 Å². The second-order valence-electron chi connectivity index (χ2n) is 8.78. The van der Waals surface area contributed by atoms with Crippen LogP contribution in [-0.2, 0) is 16.3 Å². The van der Waals surface area contributed by atoms with Crippen LogP contribution in [0.15, 0.2) is 68.8 Å². The van der Waals surface area contributed by atoms with E-state index in [0.717, 1.165) is 21.3 Å². The molecule has 0 bridgehead atoms. The summed E-state index contributed by atoms with van der Waals surface area (Å²) in [5.41, 5.74) is 2.19. The average Bonchev–Trinajstić information content (AvgIpc) is 2.79. The van der Waals surface area contributed by atoms with Gasteiger partial charge in [-0.15, -0.1) is 0 Å². The van der Waals surface area contributed by atoms with Crippen molar-refractivity contribution >= 4 is 50.3 Å². The first-order valence-corrected chi connectivity index (χ1v) is 14.1. The summed E-state index contributed by atoms with van der Waals surface area (Å²) in [5, 5.41) is 3.76. The minimum Gasteiger partial charge on any atom is -0.324 e. The number of nitrogens with one attached hydrogen (secondary N) is 1. The third-order valence-corrected chi connectivity index (χ3v) is 6.55. The fourth-order valence-corrected chi connectivity index (χ4v) is 4.67. The van der Waals surface area contributed by atoms with Crippen molar-refractivity contribution in [3.63, 3.8) is 0 Å². The summed E-state index contributed by atoms with van der Waals surface area (Å²) in [5.74, 6) is -0.00685. The van der Waals surface area contributed by atoms with E-state index in [1.165, 1.54) is 23.3 Å². The van der Waals surface area contributed by atoms with Crippen molar-refractivity contribution in [1.29, 1.82) is 0 Å². The SMILES string of the molecule is Cc1cncc(-n2c(=O)nc(Nc3ccc(N=S(C)(C)=O)cc3Cl)n(Cc3cc(Cl)ccc3C)c2=O)c1. The Morgan fingerprint density at radius 1 is 1.03 bits per heavy atom. The molecule has 4 aromatic rings. The van der Waals surface area contributed by atoms with Crippen LogP contribution in [0.4, 0.5) is 17.3 Å². The Bertz CT molecular complexity index is 1750. The Morgan fingerprint density at radius 3 is 2.46 bits per heavy atom. The maximum absolute atomic E-state index is 13.7. The van der Waals surface area contributed by atoms with Gasteiger partial charge in [0.2, 0.25) is 5.95 Å². The van der Waals surface area contributed by atoms with E-state index >= 15 is 0 Å². The standard InChI is InChI=1S/C25H24Cl2N6O3S/c1-15-9-20(13-28-12-15)33-24(34)30-23(29-22-8-7-19(11-21(22)27)31-37(3,4)36)32(25(33)35)14-17-10-18(26)6-5-16(17)2/h5-13H,14H2,1-4H3,(H,29,30,34). The summed E-state index contributed by atoms with van der Waals surface area (Å²) in [6.07, 6.45) is 6.09. The second kappa shape index (κ2) is 10.5. The van der Waals surface area contributed by atoms with E-state index in [9.17, 15) is 13.8 Å². The molecule has 0 fully saturated rings. The predicted octanol–water partition coefficient (Wildman–Crippen LogP) is 4.86. The van der Waals surface area contributed by atoms with Crippen molar-refractivity contribution in [2.45, 2.75) is 20.4 Å². The van der Waals surface area contributed by atoms with Crippen molar-refractivity contribution in [2.24, 2.45) is 4.36 Å². The van der Waals surface area contributed by atoms with Crippen LogP contribution in [0.3, 0.4) is 0 Å². The highest BCUT2D eigenvalue weighted by Gasteiger charge is 2.17.